The van der Waals surface area contributed by atoms with Gasteiger partial charge in [0.15, 0.2) is 0 Å². The first kappa shape index (κ1) is 12.8. The average molecular weight is 230 g/mol. The second-order valence-electron chi connectivity index (χ2n) is 4.39. The van der Waals surface area contributed by atoms with Gasteiger partial charge in [0, 0.05) is 19.1 Å². The molecule has 1 unspecified atom stereocenters. The lowest BCUT2D eigenvalue weighted by Crippen LogP contribution is -2.39. The predicted molar refractivity (Wildman–Crippen MR) is 66.3 cm³/mol. The van der Waals surface area contributed by atoms with Crippen molar-refractivity contribution in [3.05, 3.63) is 0 Å². The molecule has 0 aromatic rings. The van der Waals surface area contributed by atoms with Crippen molar-refractivity contribution >= 4 is 18.5 Å². The van der Waals surface area contributed by atoms with Crippen LogP contribution in [0.1, 0.15) is 32.6 Å². The van der Waals surface area contributed by atoms with E-state index in [-0.39, 0.29) is 11.2 Å². The first-order valence-corrected chi connectivity index (χ1v) is 6.29. The molecule has 0 aromatic carbocycles. The summed E-state index contributed by atoms with van der Waals surface area (Å²) in [5.41, 5.74) is 0. The monoisotopic (exact) mass is 230 g/mol. The highest BCUT2D eigenvalue weighted by atomic mass is 32.1. The van der Waals surface area contributed by atoms with E-state index in [4.69, 9.17) is 0 Å². The van der Waals surface area contributed by atoms with E-state index in [2.05, 4.69) is 29.9 Å². The van der Waals surface area contributed by atoms with Crippen LogP contribution in [0, 0.1) is 0 Å². The number of carbonyl (C=O) groups excluding carboxylic acids is 1. The second kappa shape index (κ2) is 6.38. The molecule has 1 aliphatic carbocycles. The van der Waals surface area contributed by atoms with E-state index >= 15 is 0 Å². The fourth-order valence-electron chi connectivity index (χ4n) is 2.03. The van der Waals surface area contributed by atoms with Crippen molar-refractivity contribution in [1.29, 1.82) is 0 Å². The van der Waals surface area contributed by atoms with Crippen LogP contribution in [-0.2, 0) is 4.79 Å². The number of likely N-dealkylation sites (N-methyl/N-ethyl adjacent to an activating group) is 1. The molecule has 0 bridgehead atoms. The molecule has 0 heterocycles. The molecule has 1 amide bonds. The van der Waals surface area contributed by atoms with Gasteiger partial charge in [-0.1, -0.05) is 12.8 Å². The van der Waals surface area contributed by atoms with E-state index in [1.807, 2.05) is 0 Å². The Morgan fingerprint density at radius 2 is 2.13 bits per heavy atom. The van der Waals surface area contributed by atoms with Crippen molar-refractivity contribution in [3.63, 3.8) is 0 Å². The number of rotatable bonds is 5. The summed E-state index contributed by atoms with van der Waals surface area (Å²) in [6.07, 6.45) is 5.34. The second-order valence-corrected chi connectivity index (χ2v) is 5.16. The molecular weight excluding hydrogens is 208 g/mol. The SMILES string of the molecule is CC(S)C(=O)NCCN(C)C1CCCC1. The van der Waals surface area contributed by atoms with Crippen molar-refractivity contribution in [2.75, 3.05) is 20.1 Å². The van der Waals surface area contributed by atoms with Crippen LogP contribution < -0.4 is 5.32 Å². The van der Waals surface area contributed by atoms with Crippen molar-refractivity contribution in [1.82, 2.24) is 10.2 Å². The lowest BCUT2D eigenvalue weighted by molar-refractivity contribution is -0.120. The van der Waals surface area contributed by atoms with Gasteiger partial charge in [-0.25, -0.2) is 0 Å². The highest BCUT2D eigenvalue weighted by molar-refractivity contribution is 7.81. The average Bonchev–Trinajstić information content (AvgIpc) is 2.70. The smallest absolute Gasteiger partial charge is 0.232 e. The number of hydrogen-bond acceptors (Lipinski definition) is 3. The maximum atomic E-state index is 11.2. The Morgan fingerprint density at radius 1 is 1.53 bits per heavy atom. The van der Waals surface area contributed by atoms with Crippen LogP contribution in [0.3, 0.4) is 0 Å². The highest BCUT2D eigenvalue weighted by Crippen LogP contribution is 2.21. The zero-order valence-electron chi connectivity index (χ0n) is 9.70. The lowest BCUT2D eigenvalue weighted by atomic mass is 10.2. The fourth-order valence-corrected chi connectivity index (χ4v) is 2.12. The Labute approximate surface area is 98.0 Å². The van der Waals surface area contributed by atoms with Gasteiger partial charge in [-0.2, -0.15) is 12.6 Å². The van der Waals surface area contributed by atoms with Crippen LogP contribution in [0.4, 0.5) is 0 Å². The summed E-state index contributed by atoms with van der Waals surface area (Å²) in [6, 6.07) is 0.732. The van der Waals surface area contributed by atoms with Crippen molar-refractivity contribution in [2.24, 2.45) is 0 Å². The van der Waals surface area contributed by atoms with Gasteiger partial charge in [-0.3, -0.25) is 4.79 Å². The van der Waals surface area contributed by atoms with Crippen LogP contribution in [-0.4, -0.2) is 42.2 Å². The fraction of sp³-hybridized carbons (Fsp3) is 0.909. The zero-order chi connectivity index (χ0) is 11.3. The molecule has 1 fully saturated rings. The Kier molecular flexibility index (Phi) is 5.47. The third-order valence-electron chi connectivity index (χ3n) is 3.09. The normalized spacial score (nSPS) is 19.5. The van der Waals surface area contributed by atoms with Gasteiger partial charge in [0.25, 0.3) is 0 Å². The summed E-state index contributed by atoms with van der Waals surface area (Å²) in [5.74, 6) is 0.0261. The Morgan fingerprint density at radius 3 is 2.67 bits per heavy atom. The first-order chi connectivity index (χ1) is 7.11. The quantitative estimate of drug-likeness (QED) is 0.698. The van der Waals surface area contributed by atoms with Crippen LogP contribution in [0.25, 0.3) is 0 Å². The van der Waals surface area contributed by atoms with E-state index in [9.17, 15) is 4.79 Å². The molecule has 0 aromatic heterocycles. The highest BCUT2D eigenvalue weighted by Gasteiger charge is 2.19. The summed E-state index contributed by atoms with van der Waals surface area (Å²) in [7, 11) is 2.15. The molecule has 1 N–H and O–H groups in total. The van der Waals surface area contributed by atoms with Crippen molar-refractivity contribution in [2.45, 2.75) is 43.9 Å². The molecule has 1 atom stereocenters. The van der Waals surface area contributed by atoms with Gasteiger partial charge in [-0.15, -0.1) is 0 Å². The summed E-state index contributed by atoms with van der Waals surface area (Å²) in [6.45, 7) is 3.47. The largest absolute Gasteiger partial charge is 0.354 e. The number of nitrogens with zero attached hydrogens (tertiary/aromatic N) is 1. The van der Waals surface area contributed by atoms with E-state index in [0.717, 1.165) is 19.1 Å². The molecule has 1 saturated carbocycles. The first-order valence-electron chi connectivity index (χ1n) is 5.77. The van der Waals surface area contributed by atoms with Crippen LogP contribution in [0.2, 0.25) is 0 Å². The molecular formula is C11H22N2OS. The molecule has 3 nitrogen and oxygen atoms in total. The van der Waals surface area contributed by atoms with Crippen LogP contribution >= 0.6 is 12.6 Å². The summed E-state index contributed by atoms with van der Waals surface area (Å²) in [5, 5.41) is 2.67. The number of amides is 1. The minimum absolute atomic E-state index is 0.0261. The molecule has 1 rings (SSSR count). The van der Waals surface area contributed by atoms with Gasteiger partial charge in [0.1, 0.15) is 0 Å². The lowest BCUT2D eigenvalue weighted by Gasteiger charge is -2.24. The van der Waals surface area contributed by atoms with Gasteiger partial charge in [0.05, 0.1) is 5.25 Å². The number of hydrogen-bond donors (Lipinski definition) is 2. The molecule has 1 aliphatic rings. The van der Waals surface area contributed by atoms with Crippen molar-refractivity contribution in [3.8, 4) is 0 Å². The minimum atomic E-state index is -0.207. The van der Waals surface area contributed by atoms with E-state index < -0.39 is 0 Å². The maximum absolute atomic E-state index is 11.2. The number of thiol groups is 1. The van der Waals surface area contributed by atoms with Gasteiger partial charge < -0.3 is 10.2 Å². The molecule has 4 heteroatoms. The summed E-state index contributed by atoms with van der Waals surface area (Å²) < 4.78 is 0. The van der Waals surface area contributed by atoms with Crippen molar-refractivity contribution < 1.29 is 4.79 Å². The standard InChI is InChI=1S/C11H22N2OS/c1-9(15)11(14)12-7-8-13(2)10-5-3-4-6-10/h9-10,15H,3-8H2,1-2H3,(H,12,14). The van der Waals surface area contributed by atoms with E-state index in [1.54, 1.807) is 6.92 Å². The van der Waals surface area contributed by atoms with Gasteiger partial charge in [0.2, 0.25) is 5.91 Å². The molecule has 0 aliphatic heterocycles. The molecule has 15 heavy (non-hydrogen) atoms. The van der Waals surface area contributed by atoms with Gasteiger partial charge >= 0.3 is 0 Å². The Balaban J connectivity index is 2.11. The third-order valence-corrected chi connectivity index (χ3v) is 3.33. The molecule has 88 valence electrons. The number of carbonyl (C=O) groups is 1. The third kappa shape index (κ3) is 4.43. The van der Waals surface area contributed by atoms with E-state index in [1.165, 1.54) is 25.7 Å². The van der Waals surface area contributed by atoms with E-state index in [0.29, 0.717) is 0 Å². The summed E-state index contributed by atoms with van der Waals surface area (Å²) >= 11 is 4.08. The predicted octanol–water partition coefficient (Wildman–Crippen LogP) is 1.30. The number of nitrogens with one attached hydrogen (secondary N) is 1. The molecule has 0 saturated heterocycles. The van der Waals surface area contributed by atoms with Crippen LogP contribution in [0.15, 0.2) is 0 Å². The zero-order valence-corrected chi connectivity index (χ0v) is 10.6. The Bertz CT molecular complexity index is 203. The Hall–Kier alpha value is -0.220. The molecule has 0 spiro atoms. The minimum Gasteiger partial charge on any atom is -0.354 e. The summed E-state index contributed by atoms with van der Waals surface area (Å²) in [4.78, 5) is 13.6. The van der Waals surface area contributed by atoms with Crippen LogP contribution in [0.5, 0.6) is 0 Å². The molecule has 0 radical (unpaired) electrons. The maximum Gasteiger partial charge on any atom is 0.232 e. The van der Waals surface area contributed by atoms with Gasteiger partial charge in [-0.05, 0) is 26.8 Å². The topological polar surface area (TPSA) is 32.3 Å².